The zero-order valence-electron chi connectivity index (χ0n) is 11.9. The molecule has 1 aromatic rings. The molecule has 1 heterocycles. The van der Waals surface area contributed by atoms with Crippen LogP contribution in [0, 0.1) is 0 Å². The molecule has 1 aliphatic heterocycles. The largest absolute Gasteiger partial charge is 0.493 e. The summed E-state index contributed by atoms with van der Waals surface area (Å²) in [5.74, 6) is 1.18. The smallest absolute Gasteiger partial charge is 0.227 e. The van der Waals surface area contributed by atoms with E-state index in [2.05, 4.69) is 6.07 Å². The van der Waals surface area contributed by atoms with Crippen LogP contribution in [0.15, 0.2) is 18.2 Å². The normalized spacial score (nSPS) is 16.6. The molecule has 2 aliphatic rings. The molecule has 1 amide bonds. The van der Waals surface area contributed by atoms with Gasteiger partial charge in [0.25, 0.3) is 0 Å². The molecule has 0 spiro atoms. The van der Waals surface area contributed by atoms with Crippen molar-refractivity contribution in [2.75, 3.05) is 26.9 Å². The van der Waals surface area contributed by atoms with Crippen molar-refractivity contribution in [3.05, 3.63) is 29.3 Å². The molecule has 0 N–H and O–H groups in total. The molecule has 4 nitrogen and oxygen atoms in total. The Morgan fingerprint density at radius 2 is 2.30 bits per heavy atom. The van der Waals surface area contributed by atoms with Crippen LogP contribution in [0.2, 0.25) is 0 Å². The van der Waals surface area contributed by atoms with Crippen LogP contribution in [0.3, 0.4) is 0 Å². The lowest BCUT2D eigenvalue weighted by Gasteiger charge is -2.22. The first-order valence-corrected chi connectivity index (χ1v) is 7.31. The van der Waals surface area contributed by atoms with Gasteiger partial charge in [0, 0.05) is 26.1 Å². The van der Waals surface area contributed by atoms with Crippen LogP contribution < -0.4 is 4.74 Å². The fraction of sp³-hybridized carbons (Fsp3) is 0.562. The number of carbonyl (C=O) groups is 1. The van der Waals surface area contributed by atoms with Crippen molar-refractivity contribution in [1.82, 2.24) is 4.90 Å². The van der Waals surface area contributed by atoms with E-state index >= 15 is 0 Å². The van der Waals surface area contributed by atoms with Gasteiger partial charge in [-0.2, -0.15) is 0 Å². The summed E-state index contributed by atoms with van der Waals surface area (Å²) in [6.07, 6.45) is 3.70. The van der Waals surface area contributed by atoms with Crippen molar-refractivity contribution in [1.29, 1.82) is 0 Å². The number of carbonyl (C=O) groups excluding carboxylic acids is 1. The quantitative estimate of drug-likeness (QED) is 0.794. The van der Waals surface area contributed by atoms with Gasteiger partial charge in [0.05, 0.1) is 19.6 Å². The molecule has 0 atom stereocenters. The molecule has 1 aromatic carbocycles. The Morgan fingerprint density at radius 1 is 1.45 bits per heavy atom. The Labute approximate surface area is 119 Å². The molecule has 1 fully saturated rings. The van der Waals surface area contributed by atoms with Gasteiger partial charge in [-0.15, -0.1) is 0 Å². The van der Waals surface area contributed by atoms with E-state index in [9.17, 15) is 4.79 Å². The van der Waals surface area contributed by atoms with Gasteiger partial charge in [-0.1, -0.05) is 12.1 Å². The molecule has 3 rings (SSSR count). The summed E-state index contributed by atoms with van der Waals surface area (Å²) < 4.78 is 10.6. The van der Waals surface area contributed by atoms with Crippen LogP contribution in [0.4, 0.5) is 0 Å². The number of benzene rings is 1. The van der Waals surface area contributed by atoms with Gasteiger partial charge >= 0.3 is 0 Å². The highest BCUT2D eigenvalue weighted by molar-refractivity contribution is 5.79. The van der Waals surface area contributed by atoms with E-state index < -0.39 is 0 Å². The third-order valence-electron chi connectivity index (χ3n) is 3.95. The summed E-state index contributed by atoms with van der Waals surface area (Å²) in [7, 11) is 1.68. The SMILES string of the molecule is COCCN(C(=O)Cc1ccc2c(c1)CCO2)C1CC1. The van der Waals surface area contributed by atoms with Gasteiger partial charge in [0.1, 0.15) is 5.75 Å². The maximum atomic E-state index is 12.4. The van der Waals surface area contributed by atoms with Crippen LogP contribution in [-0.4, -0.2) is 43.7 Å². The standard InChI is InChI=1S/C16H21NO3/c1-19-9-7-17(14-3-4-14)16(18)11-12-2-5-15-13(10-12)6-8-20-15/h2,5,10,14H,3-4,6-9,11H2,1H3. The number of hydrogen-bond acceptors (Lipinski definition) is 3. The Bertz CT molecular complexity index is 496. The van der Waals surface area contributed by atoms with Crippen molar-refractivity contribution in [3.63, 3.8) is 0 Å². The Balaban J connectivity index is 1.65. The number of hydrogen-bond donors (Lipinski definition) is 0. The minimum Gasteiger partial charge on any atom is -0.493 e. The molecule has 4 heteroatoms. The highest BCUT2D eigenvalue weighted by Crippen LogP contribution is 2.29. The highest BCUT2D eigenvalue weighted by atomic mass is 16.5. The summed E-state index contributed by atoms with van der Waals surface area (Å²) in [4.78, 5) is 14.4. The van der Waals surface area contributed by atoms with Crippen molar-refractivity contribution in [2.45, 2.75) is 31.7 Å². The Hall–Kier alpha value is -1.55. The van der Waals surface area contributed by atoms with E-state index in [1.807, 2.05) is 17.0 Å². The average Bonchev–Trinajstić information content (AvgIpc) is 3.16. The van der Waals surface area contributed by atoms with Gasteiger partial charge in [0.2, 0.25) is 5.91 Å². The van der Waals surface area contributed by atoms with Crippen LogP contribution in [0.25, 0.3) is 0 Å². The summed E-state index contributed by atoms with van der Waals surface area (Å²) in [5, 5.41) is 0. The number of amides is 1. The third-order valence-corrected chi connectivity index (χ3v) is 3.95. The van der Waals surface area contributed by atoms with Gasteiger partial charge in [-0.3, -0.25) is 4.79 Å². The van der Waals surface area contributed by atoms with Crippen LogP contribution in [0.5, 0.6) is 5.75 Å². The second-order valence-corrected chi connectivity index (χ2v) is 5.53. The molecular weight excluding hydrogens is 254 g/mol. The molecule has 0 radical (unpaired) electrons. The van der Waals surface area contributed by atoms with E-state index in [1.165, 1.54) is 5.56 Å². The first kappa shape index (κ1) is 13.4. The van der Waals surface area contributed by atoms with E-state index in [-0.39, 0.29) is 5.91 Å². The highest BCUT2D eigenvalue weighted by Gasteiger charge is 2.32. The topological polar surface area (TPSA) is 38.8 Å². The minimum absolute atomic E-state index is 0.211. The third kappa shape index (κ3) is 2.96. The molecular formula is C16H21NO3. The van der Waals surface area contributed by atoms with Gasteiger partial charge in [0.15, 0.2) is 0 Å². The van der Waals surface area contributed by atoms with E-state index in [1.54, 1.807) is 7.11 Å². The first-order valence-electron chi connectivity index (χ1n) is 7.31. The summed E-state index contributed by atoms with van der Waals surface area (Å²) in [6.45, 7) is 2.07. The summed E-state index contributed by atoms with van der Waals surface area (Å²) >= 11 is 0. The first-order chi connectivity index (χ1) is 9.78. The van der Waals surface area contributed by atoms with E-state index in [0.29, 0.717) is 25.6 Å². The molecule has 20 heavy (non-hydrogen) atoms. The summed E-state index contributed by atoms with van der Waals surface area (Å²) in [5.41, 5.74) is 2.31. The minimum atomic E-state index is 0.211. The predicted molar refractivity (Wildman–Crippen MR) is 76.0 cm³/mol. The Kier molecular flexibility index (Phi) is 3.92. The van der Waals surface area contributed by atoms with Gasteiger partial charge in [-0.25, -0.2) is 0 Å². The maximum Gasteiger partial charge on any atom is 0.227 e. The lowest BCUT2D eigenvalue weighted by Crippen LogP contribution is -2.36. The van der Waals surface area contributed by atoms with Crippen molar-refractivity contribution < 1.29 is 14.3 Å². The monoisotopic (exact) mass is 275 g/mol. The van der Waals surface area contributed by atoms with Crippen molar-refractivity contribution >= 4 is 5.91 Å². The molecule has 1 aliphatic carbocycles. The molecule has 108 valence electrons. The van der Waals surface area contributed by atoms with Crippen LogP contribution in [0.1, 0.15) is 24.0 Å². The second-order valence-electron chi connectivity index (χ2n) is 5.53. The molecule has 0 aromatic heterocycles. The van der Waals surface area contributed by atoms with E-state index in [0.717, 1.165) is 37.2 Å². The van der Waals surface area contributed by atoms with Crippen LogP contribution in [-0.2, 0) is 22.4 Å². The lowest BCUT2D eigenvalue weighted by atomic mass is 10.1. The number of nitrogens with zero attached hydrogens (tertiary/aromatic N) is 1. The number of methoxy groups -OCH3 is 1. The lowest BCUT2D eigenvalue weighted by molar-refractivity contribution is -0.131. The van der Waals surface area contributed by atoms with Crippen molar-refractivity contribution in [2.24, 2.45) is 0 Å². The average molecular weight is 275 g/mol. The van der Waals surface area contributed by atoms with Crippen molar-refractivity contribution in [3.8, 4) is 5.75 Å². The fourth-order valence-corrected chi connectivity index (χ4v) is 2.71. The number of rotatable bonds is 6. The molecule has 0 bridgehead atoms. The molecule has 0 saturated heterocycles. The fourth-order valence-electron chi connectivity index (χ4n) is 2.71. The predicted octanol–water partition coefficient (Wildman–Crippen LogP) is 1.80. The van der Waals surface area contributed by atoms with Crippen LogP contribution >= 0.6 is 0 Å². The Morgan fingerprint density at radius 3 is 3.05 bits per heavy atom. The second kappa shape index (κ2) is 5.83. The van der Waals surface area contributed by atoms with E-state index in [4.69, 9.17) is 9.47 Å². The number of fused-ring (bicyclic) bond motifs is 1. The molecule has 1 saturated carbocycles. The molecule has 0 unspecified atom stereocenters. The zero-order chi connectivity index (χ0) is 13.9. The summed E-state index contributed by atoms with van der Waals surface area (Å²) in [6, 6.07) is 6.54. The van der Waals surface area contributed by atoms with Gasteiger partial charge < -0.3 is 14.4 Å². The zero-order valence-corrected chi connectivity index (χ0v) is 11.9. The maximum absolute atomic E-state index is 12.4. The number of ether oxygens (including phenoxy) is 2. The van der Waals surface area contributed by atoms with Gasteiger partial charge in [-0.05, 0) is 30.0 Å².